The minimum absolute atomic E-state index is 0.0742. The predicted molar refractivity (Wildman–Crippen MR) is 111 cm³/mol. The van der Waals surface area contributed by atoms with Crippen molar-refractivity contribution in [3.05, 3.63) is 71.9 Å². The molecule has 2 atom stereocenters. The number of pyridine rings is 2. The number of aromatic nitrogens is 4. The summed E-state index contributed by atoms with van der Waals surface area (Å²) in [7, 11) is 2.05. The first-order valence-electron chi connectivity index (χ1n) is 9.83. The van der Waals surface area contributed by atoms with E-state index in [2.05, 4.69) is 49.8 Å². The van der Waals surface area contributed by atoms with E-state index in [0.717, 1.165) is 30.0 Å². The van der Waals surface area contributed by atoms with Crippen molar-refractivity contribution in [2.24, 2.45) is 0 Å². The van der Waals surface area contributed by atoms with Gasteiger partial charge >= 0.3 is 0 Å². The van der Waals surface area contributed by atoms with Crippen molar-refractivity contribution in [1.29, 1.82) is 0 Å². The Morgan fingerprint density at radius 2 is 1.83 bits per heavy atom. The zero-order valence-corrected chi connectivity index (χ0v) is 16.8. The number of aryl methyl sites for hydroxylation is 1. The summed E-state index contributed by atoms with van der Waals surface area (Å²) in [4.78, 5) is 22.1. The van der Waals surface area contributed by atoms with E-state index < -0.39 is 6.10 Å². The molecule has 29 heavy (non-hydrogen) atoms. The quantitative estimate of drug-likeness (QED) is 0.689. The Morgan fingerprint density at radius 1 is 1.03 bits per heavy atom. The van der Waals surface area contributed by atoms with E-state index in [1.165, 1.54) is 5.56 Å². The van der Waals surface area contributed by atoms with Crippen LogP contribution < -0.4 is 0 Å². The molecule has 0 bridgehead atoms. The van der Waals surface area contributed by atoms with Gasteiger partial charge in [0.2, 0.25) is 0 Å². The number of rotatable bonds is 6. The third-order valence-corrected chi connectivity index (χ3v) is 5.42. The number of hydrogen-bond acceptors (Lipinski definition) is 7. The van der Waals surface area contributed by atoms with E-state index in [1.54, 1.807) is 6.20 Å². The highest BCUT2D eigenvalue weighted by Gasteiger charge is 2.34. The maximum absolute atomic E-state index is 10.6. The standard InChI is InChI=1S/C22H26N6O/c1-16-6-5-9-24-19(16)13-27(2)20-14-28(15-21(20)29)12-17-10-25-22(26-11-17)18-7-3-4-8-23-18/h3-11,20-21,29H,12-15H2,1-2H3/t20-,21-/m1/s1. The highest BCUT2D eigenvalue weighted by Crippen LogP contribution is 2.20. The van der Waals surface area contributed by atoms with Crippen molar-refractivity contribution in [3.63, 3.8) is 0 Å². The summed E-state index contributed by atoms with van der Waals surface area (Å²) in [6.45, 7) is 4.95. The normalized spacial score (nSPS) is 19.7. The first kappa shape index (κ1) is 19.6. The van der Waals surface area contributed by atoms with Crippen LogP contribution in [0.5, 0.6) is 0 Å². The highest BCUT2D eigenvalue weighted by atomic mass is 16.3. The van der Waals surface area contributed by atoms with Crippen molar-refractivity contribution in [1.82, 2.24) is 29.7 Å². The molecule has 0 spiro atoms. The SMILES string of the molecule is Cc1cccnc1CN(C)[C@@H]1CN(Cc2cnc(-c3ccccn3)nc2)C[C@H]1O. The fourth-order valence-corrected chi connectivity index (χ4v) is 3.77. The lowest BCUT2D eigenvalue weighted by atomic mass is 10.1. The molecule has 3 aromatic rings. The molecule has 3 aromatic heterocycles. The second kappa shape index (κ2) is 8.73. The Balaban J connectivity index is 1.37. The lowest BCUT2D eigenvalue weighted by Crippen LogP contribution is -2.40. The molecule has 1 aliphatic heterocycles. The van der Waals surface area contributed by atoms with Gasteiger partial charge in [-0.05, 0) is 37.7 Å². The van der Waals surface area contributed by atoms with Crippen LogP contribution in [0.2, 0.25) is 0 Å². The van der Waals surface area contributed by atoms with Crippen LogP contribution in [-0.2, 0) is 13.1 Å². The zero-order chi connectivity index (χ0) is 20.2. The first-order chi connectivity index (χ1) is 14.1. The Morgan fingerprint density at radius 3 is 2.55 bits per heavy atom. The van der Waals surface area contributed by atoms with Gasteiger partial charge in [0, 0.05) is 62.6 Å². The monoisotopic (exact) mass is 390 g/mol. The largest absolute Gasteiger partial charge is 0.390 e. The Bertz CT molecular complexity index is 934. The Kier molecular flexibility index (Phi) is 5.89. The van der Waals surface area contributed by atoms with Gasteiger partial charge in [0.1, 0.15) is 5.69 Å². The van der Waals surface area contributed by atoms with Crippen LogP contribution in [0.1, 0.15) is 16.8 Å². The van der Waals surface area contributed by atoms with Crippen molar-refractivity contribution in [3.8, 4) is 11.5 Å². The van der Waals surface area contributed by atoms with Gasteiger partial charge in [0.05, 0.1) is 11.8 Å². The topological polar surface area (TPSA) is 78.3 Å². The molecule has 0 aromatic carbocycles. The summed E-state index contributed by atoms with van der Waals surface area (Å²) in [6.07, 6.45) is 6.86. The van der Waals surface area contributed by atoms with Crippen LogP contribution >= 0.6 is 0 Å². The average Bonchev–Trinajstić information content (AvgIpc) is 3.11. The number of likely N-dealkylation sites (N-methyl/N-ethyl adjacent to an activating group) is 1. The van der Waals surface area contributed by atoms with Crippen molar-refractivity contribution in [2.45, 2.75) is 32.2 Å². The fraction of sp³-hybridized carbons (Fsp3) is 0.364. The Labute approximate surface area is 171 Å². The maximum atomic E-state index is 10.6. The van der Waals surface area contributed by atoms with E-state index in [4.69, 9.17) is 0 Å². The van der Waals surface area contributed by atoms with Gasteiger partial charge < -0.3 is 5.11 Å². The second-order valence-corrected chi connectivity index (χ2v) is 7.64. The molecule has 150 valence electrons. The molecule has 7 nitrogen and oxygen atoms in total. The second-order valence-electron chi connectivity index (χ2n) is 7.64. The van der Waals surface area contributed by atoms with Crippen LogP contribution in [0.4, 0.5) is 0 Å². The number of nitrogens with zero attached hydrogens (tertiary/aromatic N) is 6. The summed E-state index contributed by atoms with van der Waals surface area (Å²) >= 11 is 0. The van der Waals surface area contributed by atoms with Crippen LogP contribution in [0.15, 0.2) is 55.1 Å². The highest BCUT2D eigenvalue weighted by molar-refractivity contribution is 5.47. The molecule has 1 saturated heterocycles. The van der Waals surface area contributed by atoms with Crippen LogP contribution in [0.3, 0.4) is 0 Å². The molecular weight excluding hydrogens is 364 g/mol. The molecule has 4 rings (SSSR count). The Hall–Kier alpha value is -2.74. The van der Waals surface area contributed by atoms with Gasteiger partial charge in [-0.2, -0.15) is 0 Å². The minimum atomic E-state index is -0.391. The molecule has 7 heteroatoms. The molecule has 1 fully saturated rings. The summed E-state index contributed by atoms with van der Waals surface area (Å²) in [5.74, 6) is 0.624. The van der Waals surface area contributed by atoms with Crippen LogP contribution in [-0.4, -0.2) is 67.1 Å². The first-order valence-corrected chi connectivity index (χ1v) is 9.83. The summed E-state index contributed by atoms with van der Waals surface area (Å²) in [6, 6.07) is 9.79. The van der Waals surface area contributed by atoms with Gasteiger partial charge in [0.15, 0.2) is 5.82 Å². The maximum Gasteiger partial charge on any atom is 0.178 e. The molecule has 1 N–H and O–H groups in total. The van der Waals surface area contributed by atoms with Gasteiger partial charge in [-0.1, -0.05) is 12.1 Å². The third kappa shape index (κ3) is 4.64. The van der Waals surface area contributed by atoms with Crippen molar-refractivity contribution >= 4 is 0 Å². The molecule has 0 amide bonds. The minimum Gasteiger partial charge on any atom is -0.390 e. The fourth-order valence-electron chi connectivity index (χ4n) is 3.77. The van der Waals surface area contributed by atoms with Crippen molar-refractivity contribution < 1.29 is 5.11 Å². The predicted octanol–water partition coefficient (Wildman–Crippen LogP) is 1.92. The molecule has 0 unspecified atom stereocenters. The molecule has 0 saturated carbocycles. The molecule has 1 aliphatic rings. The van der Waals surface area contributed by atoms with Gasteiger partial charge in [-0.15, -0.1) is 0 Å². The lowest BCUT2D eigenvalue weighted by Gasteiger charge is -2.26. The zero-order valence-electron chi connectivity index (χ0n) is 16.8. The van der Waals surface area contributed by atoms with E-state index in [9.17, 15) is 5.11 Å². The number of β-amino-alcohol motifs (C(OH)–C–C–N with tert-alkyl or cyclic N) is 1. The van der Waals surface area contributed by atoms with E-state index >= 15 is 0 Å². The average molecular weight is 390 g/mol. The molecule has 0 aliphatic carbocycles. The number of hydrogen-bond donors (Lipinski definition) is 1. The number of aliphatic hydroxyl groups excluding tert-OH is 1. The number of aliphatic hydroxyl groups is 1. The molecule has 0 radical (unpaired) electrons. The van der Waals surface area contributed by atoms with E-state index in [0.29, 0.717) is 18.9 Å². The van der Waals surface area contributed by atoms with E-state index in [1.807, 2.05) is 42.9 Å². The van der Waals surface area contributed by atoms with Gasteiger partial charge in [0.25, 0.3) is 0 Å². The summed E-state index contributed by atoms with van der Waals surface area (Å²) < 4.78 is 0. The van der Waals surface area contributed by atoms with E-state index in [-0.39, 0.29) is 6.04 Å². The smallest absolute Gasteiger partial charge is 0.178 e. The van der Waals surface area contributed by atoms with Gasteiger partial charge in [-0.25, -0.2) is 9.97 Å². The summed E-state index contributed by atoms with van der Waals surface area (Å²) in [5, 5.41) is 10.6. The number of likely N-dealkylation sites (tertiary alicyclic amines) is 1. The van der Waals surface area contributed by atoms with Crippen LogP contribution in [0, 0.1) is 6.92 Å². The summed E-state index contributed by atoms with van der Waals surface area (Å²) in [5.41, 5.74) is 4.02. The molecule has 4 heterocycles. The molecular formula is C22H26N6O. The van der Waals surface area contributed by atoms with Crippen molar-refractivity contribution in [2.75, 3.05) is 20.1 Å². The van der Waals surface area contributed by atoms with Crippen LogP contribution in [0.25, 0.3) is 11.5 Å². The third-order valence-electron chi connectivity index (χ3n) is 5.42. The van der Waals surface area contributed by atoms with Gasteiger partial charge in [-0.3, -0.25) is 19.8 Å². The lowest BCUT2D eigenvalue weighted by molar-refractivity contribution is 0.0941.